The van der Waals surface area contributed by atoms with Gasteiger partial charge in [0.1, 0.15) is 11.6 Å². The van der Waals surface area contributed by atoms with E-state index in [2.05, 4.69) is 68.8 Å². The van der Waals surface area contributed by atoms with Crippen molar-refractivity contribution in [2.75, 3.05) is 24.3 Å². The number of hydrogen-bond acceptors (Lipinski definition) is 4. The number of imidazole rings is 1. The highest BCUT2D eigenvalue weighted by molar-refractivity contribution is 5.78. The van der Waals surface area contributed by atoms with Crippen LogP contribution in [0.15, 0.2) is 66.7 Å². The molecule has 5 nitrogen and oxygen atoms in total. The maximum absolute atomic E-state index is 4.64. The minimum Gasteiger partial charge on any atom is -0.381 e. The lowest BCUT2D eigenvalue weighted by Crippen LogP contribution is -2.10. The molecule has 0 saturated heterocycles. The van der Waals surface area contributed by atoms with Gasteiger partial charge in [-0.15, -0.1) is 0 Å². The van der Waals surface area contributed by atoms with Crippen molar-refractivity contribution in [2.45, 2.75) is 6.54 Å². The van der Waals surface area contributed by atoms with Gasteiger partial charge in [-0.2, -0.15) is 0 Å². The molecule has 2 aromatic heterocycles. The molecule has 0 unspecified atom stereocenters. The molecule has 2 N–H and O–H groups in total. The molecule has 0 spiro atoms. The first-order valence-electron chi connectivity index (χ1n) is 8.61. The average Bonchev–Trinajstić information content (AvgIpc) is 3.11. The van der Waals surface area contributed by atoms with Crippen LogP contribution in [0.4, 0.5) is 11.5 Å². The van der Waals surface area contributed by atoms with E-state index in [-0.39, 0.29) is 0 Å². The van der Waals surface area contributed by atoms with E-state index in [1.165, 1.54) is 5.56 Å². The molecular weight excluding hydrogens is 322 g/mol. The fourth-order valence-corrected chi connectivity index (χ4v) is 2.81. The summed E-state index contributed by atoms with van der Waals surface area (Å²) in [7, 11) is 3.95. The number of anilines is 2. The molecule has 0 amide bonds. The molecule has 0 radical (unpaired) electrons. The first-order chi connectivity index (χ1) is 12.7. The second-order valence-electron chi connectivity index (χ2n) is 6.44. The van der Waals surface area contributed by atoms with Crippen molar-refractivity contribution in [3.05, 3.63) is 72.3 Å². The Labute approximate surface area is 152 Å². The van der Waals surface area contributed by atoms with Crippen LogP contribution in [0.1, 0.15) is 5.56 Å². The Balaban J connectivity index is 1.52. The number of aromatic amines is 1. The van der Waals surface area contributed by atoms with Crippen LogP contribution in [0, 0.1) is 0 Å². The Kier molecular flexibility index (Phi) is 4.27. The normalized spacial score (nSPS) is 10.8. The molecule has 0 atom stereocenters. The molecule has 4 rings (SSSR count). The molecular formula is C21H21N5. The van der Waals surface area contributed by atoms with Gasteiger partial charge >= 0.3 is 0 Å². The van der Waals surface area contributed by atoms with Crippen LogP contribution in [0.3, 0.4) is 0 Å². The van der Waals surface area contributed by atoms with Crippen molar-refractivity contribution >= 4 is 22.7 Å². The second kappa shape index (κ2) is 6.88. The zero-order valence-electron chi connectivity index (χ0n) is 14.9. The second-order valence-corrected chi connectivity index (χ2v) is 6.44. The van der Waals surface area contributed by atoms with Gasteiger partial charge in [0.25, 0.3) is 0 Å². The van der Waals surface area contributed by atoms with Crippen molar-refractivity contribution in [1.82, 2.24) is 15.0 Å². The Morgan fingerprint density at radius 1 is 0.885 bits per heavy atom. The predicted octanol–water partition coefficient (Wildman–Crippen LogP) is 4.30. The number of pyridine rings is 1. The highest BCUT2D eigenvalue weighted by Gasteiger charge is 2.08. The Morgan fingerprint density at radius 3 is 2.38 bits per heavy atom. The minimum absolute atomic E-state index is 0.734. The minimum atomic E-state index is 0.734. The summed E-state index contributed by atoms with van der Waals surface area (Å²) in [6, 6.07) is 22.7. The van der Waals surface area contributed by atoms with Gasteiger partial charge < -0.3 is 15.2 Å². The molecule has 0 saturated carbocycles. The summed E-state index contributed by atoms with van der Waals surface area (Å²) < 4.78 is 0. The van der Waals surface area contributed by atoms with Gasteiger partial charge in [0.15, 0.2) is 5.65 Å². The molecule has 130 valence electrons. The van der Waals surface area contributed by atoms with Crippen molar-refractivity contribution in [2.24, 2.45) is 0 Å². The molecule has 0 fully saturated rings. The smallest absolute Gasteiger partial charge is 0.180 e. The summed E-state index contributed by atoms with van der Waals surface area (Å²) in [6.45, 7) is 0.808. The fourth-order valence-electron chi connectivity index (χ4n) is 2.81. The van der Waals surface area contributed by atoms with Crippen molar-refractivity contribution < 1.29 is 0 Å². The number of rotatable bonds is 5. The molecule has 26 heavy (non-hydrogen) atoms. The monoisotopic (exact) mass is 343 g/mol. The van der Waals surface area contributed by atoms with Crippen LogP contribution in [0.25, 0.3) is 22.6 Å². The maximum Gasteiger partial charge on any atom is 0.180 e. The van der Waals surface area contributed by atoms with Crippen molar-refractivity contribution in [3.63, 3.8) is 0 Å². The summed E-state index contributed by atoms with van der Waals surface area (Å²) in [5.74, 6) is 1.73. The third kappa shape index (κ3) is 3.37. The van der Waals surface area contributed by atoms with Crippen LogP contribution in [0.5, 0.6) is 0 Å². The van der Waals surface area contributed by atoms with Crippen LogP contribution in [-0.2, 0) is 6.54 Å². The van der Waals surface area contributed by atoms with E-state index in [0.29, 0.717) is 0 Å². The zero-order chi connectivity index (χ0) is 17.9. The summed E-state index contributed by atoms with van der Waals surface area (Å²) in [6.07, 6.45) is 0. The van der Waals surface area contributed by atoms with Crippen LogP contribution in [0.2, 0.25) is 0 Å². The Bertz CT molecular complexity index is 1000. The van der Waals surface area contributed by atoms with Gasteiger partial charge in [-0.3, -0.25) is 0 Å². The number of nitrogens with zero attached hydrogens (tertiary/aromatic N) is 3. The molecule has 4 aromatic rings. The number of benzene rings is 2. The van der Waals surface area contributed by atoms with Gasteiger partial charge in [0.2, 0.25) is 0 Å². The van der Waals surface area contributed by atoms with Gasteiger partial charge in [0, 0.05) is 31.9 Å². The van der Waals surface area contributed by atoms with Gasteiger partial charge in [-0.25, -0.2) is 9.97 Å². The zero-order valence-corrected chi connectivity index (χ0v) is 14.9. The molecule has 5 heteroatoms. The summed E-state index contributed by atoms with van der Waals surface area (Å²) in [5.41, 5.74) is 5.06. The summed E-state index contributed by atoms with van der Waals surface area (Å²) in [5, 5.41) is 3.44. The number of aromatic nitrogens is 3. The number of nitrogens with one attached hydrogen (secondary N) is 2. The highest BCUT2D eigenvalue weighted by Crippen LogP contribution is 2.23. The van der Waals surface area contributed by atoms with E-state index < -0.39 is 0 Å². The van der Waals surface area contributed by atoms with E-state index in [9.17, 15) is 0 Å². The fraction of sp³-hybridized carbons (Fsp3) is 0.143. The van der Waals surface area contributed by atoms with Crippen LogP contribution in [-0.4, -0.2) is 29.0 Å². The lowest BCUT2D eigenvalue weighted by molar-refractivity contribution is 1.08. The number of hydrogen-bond donors (Lipinski definition) is 2. The van der Waals surface area contributed by atoms with Crippen molar-refractivity contribution in [1.29, 1.82) is 0 Å². The lowest BCUT2D eigenvalue weighted by Gasteiger charge is -2.09. The van der Waals surface area contributed by atoms with Gasteiger partial charge in [0.05, 0.1) is 5.52 Å². The Morgan fingerprint density at radius 2 is 1.65 bits per heavy atom. The van der Waals surface area contributed by atoms with E-state index >= 15 is 0 Å². The van der Waals surface area contributed by atoms with E-state index in [0.717, 1.165) is 40.6 Å². The van der Waals surface area contributed by atoms with Gasteiger partial charge in [-0.1, -0.05) is 30.3 Å². The third-order valence-electron chi connectivity index (χ3n) is 4.29. The standard InChI is InChI=1S/C21H21N5/c1-26(2)19-13-12-18-21(24-19)25-20(23-18)16-8-10-17(11-9-16)22-14-15-6-4-3-5-7-15/h3-13,22H,14H2,1-2H3,(H,23,24,25). The first kappa shape index (κ1) is 16.1. The predicted molar refractivity (Wildman–Crippen MR) is 107 cm³/mol. The maximum atomic E-state index is 4.64. The summed E-state index contributed by atoms with van der Waals surface area (Å²) in [4.78, 5) is 14.5. The molecule has 0 aliphatic heterocycles. The topological polar surface area (TPSA) is 56.8 Å². The molecule has 0 aliphatic rings. The number of fused-ring (bicyclic) bond motifs is 1. The first-order valence-corrected chi connectivity index (χ1v) is 8.61. The van der Waals surface area contributed by atoms with E-state index in [1.54, 1.807) is 0 Å². The SMILES string of the molecule is CN(C)c1ccc2[nH]c(-c3ccc(NCc4ccccc4)cc3)nc2n1. The van der Waals surface area contributed by atoms with Gasteiger partial charge in [-0.05, 0) is 42.0 Å². The summed E-state index contributed by atoms with van der Waals surface area (Å²) >= 11 is 0. The molecule has 2 heterocycles. The molecule has 0 aliphatic carbocycles. The molecule has 2 aromatic carbocycles. The number of H-pyrrole nitrogens is 1. The largest absolute Gasteiger partial charge is 0.381 e. The van der Waals surface area contributed by atoms with Crippen LogP contribution < -0.4 is 10.2 Å². The van der Waals surface area contributed by atoms with Crippen molar-refractivity contribution in [3.8, 4) is 11.4 Å². The highest BCUT2D eigenvalue weighted by atomic mass is 15.1. The Hall–Kier alpha value is -3.34. The van der Waals surface area contributed by atoms with E-state index in [1.807, 2.05) is 37.2 Å². The quantitative estimate of drug-likeness (QED) is 0.567. The van der Waals surface area contributed by atoms with E-state index in [4.69, 9.17) is 0 Å². The average molecular weight is 343 g/mol. The molecule has 0 bridgehead atoms. The third-order valence-corrected chi connectivity index (χ3v) is 4.29. The van der Waals surface area contributed by atoms with Crippen LogP contribution >= 0.6 is 0 Å². The lowest BCUT2D eigenvalue weighted by atomic mass is 10.2.